The van der Waals surface area contributed by atoms with Crippen LogP contribution in [0, 0.1) is 0 Å². The topological polar surface area (TPSA) is 68.2 Å². The molecule has 2 heterocycles. The van der Waals surface area contributed by atoms with Crippen molar-refractivity contribution in [3.05, 3.63) is 41.8 Å². The van der Waals surface area contributed by atoms with E-state index in [2.05, 4.69) is 15.0 Å². The van der Waals surface area contributed by atoms with Gasteiger partial charge in [0.15, 0.2) is 0 Å². The molecule has 20 heavy (non-hydrogen) atoms. The molecule has 0 amide bonds. The molecule has 106 valence electrons. The van der Waals surface area contributed by atoms with E-state index in [1.54, 1.807) is 0 Å². The van der Waals surface area contributed by atoms with E-state index in [0.29, 0.717) is 11.8 Å². The van der Waals surface area contributed by atoms with E-state index in [1.165, 1.54) is 12.8 Å². The predicted molar refractivity (Wildman–Crippen MR) is 77.5 cm³/mol. The van der Waals surface area contributed by atoms with Crippen LogP contribution in [0.1, 0.15) is 43.2 Å². The normalized spacial score (nSPS) is 18.2. The molecule has 1 aromatic heterocycles. The number of nitrogens with two attached hydrogens (primary N) is 1. The van der Waals surface area contributed by atoms with Crippen LogP contribution in [0.15, 0.2) is 34.9 Å². The number of aromatic nitrogens is 2. The molecule has 2 atom stereocenters. The van der Waals surface area contributed by atoms with Crippen LogP contribution in [0.3, 0.4) is 0 Å². The van der Waals surface area contributed by atoms with E-state index >= 15 is 0 Å². The van der Waals surface area contributed by atoms with E-state index in [9.17, 15) is 0 Å². The molecule has 2 N–H and O–H groups in total. The molecule has 1 aromatic carbocycles. The lowest BCUT2D eigenvalue weighted by Crippen LogP contribution is -2.20. The van der Waals surface area contributed by atoms with E-state index in [-0.39, 0.29) is 12.0 Å². The highest BCUT2D eigenvalue weighted by Gasteiger charge is 2.24. The minimum atomic E-state index is -0.136. The van der Waals surface area contributed by atoms with Crippen molar-refractivity contribution in [3.8, 4) is 0 Å². The molecule has 1 saturated heterocycles. The van der Waals surface area contributed by atoms with E-state index in [0.717, 1.165) is 18.7 Å². The van der Waals surface area contributed by atoms with Gasteiger partial charge in [0.05, 0.1) is 5.92 Å². The molecule has 5 nitrogen and oxygen atoms in total. The van der Waals surface area contributed by atoms with Crippen LogP contribution in [-0.4, -0.2) is 23.2 Å². The van der Waals surface area contributed by atoms with Crippen LogP contribution in [0.2, 0.25) is 0 Å². The van der Waals surface area contributed by atoms with Gasteiger partial charge in [-0.15, -0.1) is 0 Å². The average Bonchev–Trinajstić information content (AvgIpc) is 3.17. The average molecular weight is 272 g/mol. The number of anilines is 1. The molecule has 1 aliphatic heterocycles. The molecule has 0 spiro atoms. The third-order valence-corrected chi connectivity index (χ3v) is 3.93. The maximum absolute atomic E-state index is 6.29. The van der Waals surface area contributed by atoms with Gasteiger partial charge < -0.3 is 15.2 Å². The molecule has 2 aromatic rings. The molecule has 5 heteroatoms. The van der Waals surface area contributed by atoms with Crippen LogP contribution in [0.25, 0.3) is 0 Å². The highest BCUT2D eigenvalue weighted by Crippen LogP contribution is 2.28. The molecule has 0 aliphatic carbocycles. The Bertz CT molecular complexity index is 548. The second-order valence-corrected chi connectivity index (χ2v) is 5.35. The summed E-state index contributed by atoms with van der Waals surface area (Å²) < 4.78 is 5.40. The van der Waals surface area contributed by atoms with Crippen molar-refractivity contribution < 1.29 is 4.52 Å². The van der Waals surface area contributed by atoms with Gasteiger partial charge in [-0.05, 0) is 23.6 Å². The number of hydrogen-bond donors (Lipinski definition) is 1. The zero-order chi connectivity index (χ0) is 13.9. The Morgan fingerprint density at radius 2 is 1.90 bits per heavy atom. The number of rotatable bonds is 4. The number of benzene rings is 1. The SMILES string of the molecule is CC(c1nc(N2CCCC2)no1)C(N)c1ccccc1. The Hall–Kier alpha value is -1.88. The summed E-state index contributed by atoms with van der Waals surface area (Å²) in [4.78, 5) is 6.67. The molecule has 1 fully saturated rings. The van der Waals surface area contributed by atoms with Gasteiger partial charge in [0.1, 0.15) is 0 Å². The molecule has 1 aliphatic rings. The zero-order valence-corrected chi connectivity index (χ0v) is 11.7. The number of nitrogens with zero attached hydrogens (tertiary/aromatic N) is 3. The second kappa shape index (κ2) is 5.63. The summed E-state index contributed by atoms with van der Waals surface area (Å²) in [6, 6.07) is 9.89. The first-order valence-corrected chi connectivity index (χ1v) is 7.15. The molecular formula is C15H20N4O. The lowest BCUT2D eigenvalue weighted by Gasteiger charge is -2.16. The lowest BCUT2D eigenvalue weighted by atomic mass is 9.95. The third kappa shape index (κ3) is 2.54. The Balaban J connectivity index is 1.75. The Morgan fingerprint density at radius 1 is 1.20 bits per heavy atom. The van der Waals surface area contributed by atoms with Gasteiger partial charge in [0, 0.05) is 19.1 Å². The Kier molecular flexibility index (Phi) is 3.69. The van der Waals surface area contributed by atoms with Gasteiger partial charge in [-0.1, -0.05) is 37.3 Å². The van der Waals surface area contributed by atoms with Crippen LogP contribution in [0.4, 0.5) is 5.95 Å². The highest BCUT2D eigenvalue weighted by molar-refractivity contribution is 5.30. The Morgan fingerprint density at radius 3 is 2.60 bits per heavy atom. The smallest absolute Gasteiger partial charge is 0.266 e. The van der Waals surface area contributed by atoms with Crippen molar-refractivity contribution in [2.75, 3.05) is 18.0 Å². The summed E-state index contributed by atoms with van der Waals surface area (Å²) in [7, 11) is 0. The fraction of sp³-hybridized carbons (Fsp3) is 0.467. The van der Waals surface area contributed by atoms with Gasteiger partial charge in [-0.25, -0.2) is 0 Å². The summed E-state index contributed by atoms with van der Waals surface area (Å²) in [5.74, 6) is 1.31. The number of hydrogen-bond acceptors (Lipinski definition) is 5. The first-order valence-electron chi connectivity index (χ1n) is 7.15. The van der Waals surface area contributed by atoms with Gasteiger partial charge in [0.2, 0.25) is 5.89 Å². The van der Waals surface area contributed by atoms with Crippen LogP contribution < -0.4 is 10.6 Å². The van der Waals surface area contributed by atoms with Gasteiger partial charge in [-0.2, -0.15) is 4.98 Å². The fourth-order valence-corrected chi connectivity index (χ4v) is 2.58. The summed E-state index contributed by atoms with van der Waals surface area (Å²) in [5.41, 5.74) is 7.38. The van der Waals surface area contributed by atoms with Crippen molar-refractivity contribution in [1.82, 2.24) is 10.1 Å². The first-order chi connectivity index (χ1) is 9.75. The van der Waals surface area contributed by atoms with E-state index < -0.39 is 0 Å². The molecule has 3 rings (SSSR count). The van der Waals surface area contributed by atoms with Crippen molar-refractivity contribution in [2.45, 2.75) is 31.7 Å². The summed E-state index contributed by atoms with van der Waals surface area (Å²) in [6.07, 6.45) is 2.39. The second-order valence-electron chi connectivity index (χ2n) is 5.35. The molecule has 2 unspecified atom stereocenters. The van der Waals surface area contributed by atoms with Gasteiger partial charge in [-0.3, -0.25) is 0 Å². The van der Waals surface area contributed by atoms with Crippen molar-refractivity contribution in [2.24, 2.45) is 5.73 Å². The highest BCUT2D eigenvalue weighted by atomic mass is 16.5. The summed E-state index contributed by atoms with van der Waals surface area (Å²) in [6.45, 7) is 4.05. The lowest BCUT2D eigenvalue weighted by molar-refractivity contribution is 0.343. The molecular weight excluding hydrogens is 252 g/mol. The van der Waals surface area contributed by atoms with Crippen molar-refractivity contribution in [1.29, 1.82) is 0 Å². The monoisotopic (exact) mass is 272 g/mol. The first kappa shape index (κ1) is 13.1. The quantitative estimate of drug-likeness (QED) is 0.926. The predicted octanol–water partition coefficient (Wildman–Crippen LogP) is 2.47. The maximum atomic E-state index is 6.29. The minimum Gasteiger partial charge on any atom is -0.338 e. The van der Waals surface area contributed by atoms with Crippen LogP contribution in [0.5, 0.6) is 0 Å². The standard InChI is InChI=1S/C15H20N4O/c1-11(13(16)12-7-3-2-4-8-12)14-17-15(18-20-14)19-9-5-6-10-19/h2-4,7-8,11,13H,5-6,9-10,16H2,1H3. The minimum absolute atomic E-state index is 0.00116. The van der Waals surface area contributed by atoms with Crippen LogP contribution >= 0.6 is 0 Å². The fourth-order valence-electron chi connectivity index (χ4n) is 2.58. The van der Waals surface area contributed by atoms with Crippen LogP contribution in [-0.2, 0) is 0 Å². The maximum Gasteiger partial charge on any atom is 0.266 e. The van der Waals surface area contributed by atoms with Gasteiger partial charge in [0.25, 0.3) is 5.95 Å². The Labute approximate surface area is 118 Å². The van der Waals surface area contributed by atoms with Crippen molar-refractivity contribution >= 4 is 5.95 Å². The van der Waals surface area contributed by atoms with Crippen molar-refractivity contribution in [3.63, 3.8) is 0 Å². The third-order valence-electron chi connectivity index (χ3n) is 3.93. The molecule has 0 bridgehead atoms. The molecule has 0 saturated carbocycles. The zero-order valence-electron chi connectivity index (χ0n) is 11.7. The molecule has 0 radical (unpaired) electrons. The van der Waals surface area contributed by atoms with E-state index in [4.69, 9.17) is 10.3 Å². The van der Waals surface area contributed by atoms with Gasteiger partial charge >= 0.3 is 0 Å². The summed E-state index contributed by atoms with van der Waals surface area (Å²) in [5, 5.41) is 4.08. The largest absolute Gasteiger partial charge is 0.338 e. The van der Waals surface area contributed by atoms with E-state index in [1.807, 2.05) is 37.3 Å². The summed E-state index contributed by atoms with van der Waals surface area (Å²) >= 11 is 0.